The van der Waals surface area contributed by atoms with Gasteiger partial charge in [-0.3, -0.25) is 15.0 Å². The number of carboxylic acids is 1. The molecule has 122 valence electrons. The van der Waals surface area contributed by atoms with Crippen LogP contribution in [0.3, 0.4) is 0 Å². The largest absolute Gasteiger partial charge is 0.480 e. The lowest BCUT2D eigenvalue weighted by atomic mass is 9.99. The molecular formula is C15H18N4O4. The van der Waals surface area contributed by atoms with Gasteiger partial charge in [0.1, 0.15) is 23.8 Å². The fourth-order valence-electron chi connectivity index (χ4n) is 2.22. The summed E-state index contributed by atoms with van der Waals surface area (Å²) in [6.07, 6.45) is -0.115. The van der Waals surface area contributed by atoms with Crippen molar-refractivity contribution >= 4 is 23.3 Å². The Kier molecular flexibility index (Phi) is 5.07. The van der Waals surface area contributed by atoms with Gasteiger partial charge >= 0.3 is 5.97 Å². The van der Waals surface area contributed by atoms with Crippen LogP contribution in [0.1, 0.15) is 30.4 Å². The van der Waals surface area contributed by atoms with E-state index in [0.717, 1.165) is 5.56 Å². The number of nitrogens with one attached hydrogen (secondary N) is 1. The SMILES string of the molecule is N=C(N)c1ccc(C2=NO[C@H](CC(=O)C[C@@H](N)C(=O)O)C2)cc1. The average Bonchev–Trinajstić information content (AvgIpc) is 2.95. The number of nitrogen functional groups attached to an aromatic ring is 1. The van der Waals surface area contributed by atoms with Crippen molar-refractivity contribution in [2.75, 3.05) is 0 Å². The second-order valence-corrected chi connectivity index (χ2v) is 5.35. The molecule has 2 atom stereocenters. The van der Waals surface area contributed by atoms with Gasteiger partial charge in [-0.1, -0.05) is 29.4 Å². The first kappa shape index (κ1) is 16.6. The third kappa shape index (κ3) is 4.36. The molecule has 23 heavy (non-hydrogen) atoms. The van der Waals surface area contributed by atoms with Crippen molar-refractivity contribution in [3.05, 3.63) is 35.4 Å². The summed E-state index contributed by atoms with van der Waals surface area (Å²) in [6, 6.07) is 5.80. The second-order valence-electron chi connectivity index (χ2n) is 5.35. The number of hydrogen-bond acceptors (Lipinski definition) is 6. The maximum Gasteiger partial charge on any atom is 0.320 e. The van der Waals surface area contributed by atoms with Gasteiger partial charge in [-0.05, 0) is 5.56 Å². The molecule has 0 aliphatic carbocycles. The van der Waals surface area contributed by atoms with Gasteiger partial charge in [0.05, 0.1) is 5.71 Å². The standard InChI is InChI=1S/C15H18N4O4/c16-12(15(21)22)6-10(20)5-11-7-13(19-23-11)8-1-3-9(4-2-8)14(17)18/h1-4,11-12H,5-7,16H2,(H3,17,18)(H,21,22)/t11-,12-/m1/s1. The zero-order chi connectivity index (χ0) is 17.0. The minimum absolute atomic E-state index is 0.0144. The Morgan fingerprint density at radius 1 is 1.39 bits per heavy atom. The molecule has 0 spiro atoms. The monoisotopic (exact) mass is 318 g/mol. The molecule has 8 nitrogen and oxygen atoms in total. The molecule has 0 amide bonds. The van der Waals surface area contributed by atoms with Crippen molar-refractivity contribution in [2.45, 2.75) is 31.4 Å². The molecule has 0 saturated carbocycles. The first-order valence-corrected chi connectivity index (χ1v) is 7.04. The highest BCUT2D eigenvalue weighted by atomic mass is 16.6. The molecule has 0 saturated heterocycles. The summed E-state index contributed by atoms with van der Waals surface area (Å²) in [4.78, 5) is 27.6. The van der Waals surface area contributed by atoms with Crippen molar-refractivity contribution in [1.82, 2.24) is 0 Å². The molecular weight excluding hydrogens is 300 g/mol. The van der Waals surface area contributed by atoms with Crippen LogP contribution in [0.2, 0.25) is 0 Å². The van der Waals surface area contributed by atoms with Gasteiger partial charge in [-0.15, -0.1) is 0 Å². The van der Waals surface area contributed by atoms with Crippen LogP contribution in [-0.4, -0.2) is 40.6 Å². The summed E-state index contributed by atoms with van der Waals surface area (Å²) in [5.41, 5.74) is 12.9. The Balaban J connectivity index is 1.89. The number of nitrogens with two attached hydrogens (primary N) is 2. The van der Waals surface area contributed by atoms with Crippen LogP contribution < -0.4 is 11.5 Å². The van der Waals surface area contributed by atoms with Crippen molar-refractivity contribution in [1.29, 1.82) is 5.41 Å². The lowest BCUT2D eigenvalue weighted by Crippen LogP contribution is -2.33. The summed E-state index contributed by atoms with van der Waals surface area (Å²) in [7, 11) is 0. The molecule has 1 aliphatic heterocycles. The van der Waals surface area contributed by atoms with E-state index in [1.54, 1.807) is 24.3 Å². The number of oxime groups is 1. The van der Waals surface area contributed by atoms with Crippen molar-refractivity contribution in [3.8, 4) is 0 Å². The molecule has 0 radical (unpaired) electrons. The number of nitrogens with zero attached hydrogens (tertiary/aromatic N) is 1. The zero-order valence-corrected chi connectivity index (χ0v) is 12.4. The first-order valence-electron chi connectivity index (χ1n) is 7.04. The van der Waals surface area contributed by atoms with Crippen LogP contribution in [0.15, 0.2) is 29.4 Å². The molecule has 1 aromatic rings. The highest BCUT2D eigenvalue weighted by Gasteiger charge is 2.26. The van der Waals surface area contributed by atoms with Gasteiger partial charge in [-0.2, -0.15) is 0 Å². The summed E-state index contributed by atoms with van der Waals surface area (Å²) in [5, 5.41) is 20.0. The lowest BCUT2D eigenvalue weighted by Gasteiger charge is -2.09. The van der Waals surface area contributed by atoms with E-state index >= 15 is 0 Å². The van der Waals surface area contributed by atoms with Gasteiger partial charge in [0.25, 0.3) is 0 Å². The molecule has 6 N–H and O–H groups in total. The molecule has 8 heteroatoms. The maximum absolute atomic E-state index is 11.8. The minimum Gasteiger partial charge on any atom is -0.480 e. The number of benzene rings is 1. The van der Waals surface area contributed by atoms with E-state index in [0.29, 0.717) is 17.7 Å². The molecule has 0 aromatic heterocycles. The number of ketones is 1. The third-order valence-electron chi connectivity index (χ3n) is 3.48. The van der Waals surface area contributed by atoms with Gasteiger partial charge in [-0.25, -0.2) is 0 Å². The number of amidine groups is 1. The molecule has 1 aromatic carbocycles. The third-order valence-corrected chi connectivity index (χ3v) is 3.48. The van der Waals surface area contributed by atoms with Gasteiger partial charge in [0.15, 0.2) is 0 Å². The smallest absolute Gasteiger partial charge is 0.320 e. The Hall–Kier alpha value is -2.74. The van der Waals surface area contributed by atoms with Crippen LogP contribution in [0.5, 0.6) is 0 Å². The van der Waals surface area contributed by atoms with Crippen LogP contribution in [0.25, 0.3) is 0 Å². The van der Waals surface area contributed by atoms with E-state index in [9.17, 15) is 9.59 Å². The zero-order valence-electron chi connectivity index (χ0n) is 12.4. The molecule has 0 bridgehead atoms. The predicted octanol–water partition coefficient (Wildman–Crippen LogP) is 0.225. The topological polar surface area (TPSA) is 152 Å². The Labute approximate surface area is 132 Å². The highest BCUT2D eigenvalue weighted by molar-refractivity contribution is 6.03. The molecule has 0 fully saturated rings. The van der Waals surface area contributed by atoms with E-state index < -0.39 is 18.1 Å². The lowest BCUT2D eigenvalue weighted by molar-refractivity contribution is -0.140. The number of aliphatic carboxylic acids is 1. The van der Waals surface area contributed by atoms with Crippen LogP contribution >= 0.6 is 0 Å². The molecule has 1 heterocycles. The van der Waals surface area contributed by atoms with E-state index in [-0.39, 0.29) is 24.5 Å². The number of rotatable bonds is 7. The Morgan fingerprint density at radius 2 is 2.04 bits per heavy atom. The van der Waals surface area contributed by atoms with E-state index in [1.807, 2.05) is 0 Å². The maximum atomic E-state index is 11.8. The fraction of sp³-hybridized carbons (Fsp3) is 0.333. The van der Waals surface area contributed by atoms with Crippen LogP contribution in [0.4, 0.5) is 0 Å². The van der Waals surface area contributed by atoms with E-state index in [2.05, 4.69) is 5.16 Å². The van der Waals surface area contributed by atoms with Gasteiger partial charge in [0.2, 0.25) is 0 Å². The number of carboxylic acid groups (broad SMARTS) is 1. The summed E-state index contributed by atoms with van der Waals surface area (Å²) in [5.74, 6) is -1.49. The molecule has 0 unspecified atom stereocenters. The predicted molar refractivity (Wildman–Crippen MR) is 83.3 cm³/mol. The van der Waals surface area contributed by atoms with E-state index in [1.165, 1.54) is 0 Å². The number of hydrogen-bond donors (Lipinski definition) is 4. The quantitative estimate of drug-likeness (QED) is 0.417. The van der Waals surface area contributed by atoms with Gasteiger partial charge in [0, 0.05) is 24.8 Å². The first-order chi connectivity index (χ1) is 10.9. The van der Waals surface area contributed by atoms with E-state index in [4.69, 9.17) is 26.8 Å². The highest BCUT2D eigenvalue weighted by Crippen LogP contribution is 2.20. The number of carbonyl (C=O) groups is 2. The fourth-order valence-corrected chi connectivity index (χ4v) is 2.22. The second kappa shape index (κ2) is 7.01. The summed E-state index contributed by atoms with van der Waals surface area (Å²) < 4.78 is 0. The summed E-state index contributed by atoms with van der Waals surface area (Å²) >= 11 is 0. The molecule has 2 rings (SSSR count). The van der Waals surface area contributed by atoms with Crippen molar-refractivity contribution < 1.29 is 19.5 Å². The summed E-state index contributed by atoms with van der Waals surface area (Å²) in [6.45, 7) is 0. The Morgan fingerprint density at radius 3 is 2.61 bits per heavy atom. The number of Topliss-reactive ketones (excluding diaryl/α,β-unsaturated/α-hetero) is 1. The molecule has 1 aliphatic rings. The normalized spacial score (nSPS) is 18.0. The van der Waals surface area contributed by atoms with Gasteiger partial charge < -0.3 is 21.4 Å². The minimum atomic E-state index is -1.20. The number of carbonyl (C=O) groups excluding carboxylic acids is 1. The van der Waals surface area contributed by atoms with Crippen LogP contribution in [0, 0.1) is 5.41 Å². The average molecular weight is 318 g/mol. The van der Waals surface area contributed by atoms with Crippen LogP contribution in [-0.2, 0) is 14.4 Å². The van der Waals surface area contributed by atoms with Crippen molar-refractivity contribution in [3.63, 3.8) is 0 Å². The Bertz CT molecular complexity index is 654. The van der Waals surface area contributed by atoms with Crippen molar-refractivity contribution in [2.24, 2.45) is 16.6 Å².